The molecule has 2 aromatic heterocycles. The fourth-order valence-corrected chi connectivity index (χ4v) is 2.73. The summed E-state index contributed by atoms with van der Waals surface area (Å²) in [4.78, 5) is 40.6. The van der Waals surface area contributed by atoms with E-state index in [2.05, 4.69) is 15.3 Å². The Bertz CT molecular complexity index is 747. The molecule has 0 aliphatic heterocycles. The van der Waals surface area contributed by atoms with Crippen LogP contribution in [0.25, 0.3) is 0 Å². The van der Waals surface area contributed by atoms with Gasteiger partial charge in [-0.15, -0.1) is 11.3 Å². The second-order valence-electron chi connectivity index (χ2n) is 4.89. The summed E-state index contributed by atoms with van der Waals surface area (Å²) < 4.78 is 1.30. The van der Waals surface area contributed by atoms with Gasteiger partial charge in [0.1, 0.15) is 0 Å². The summed E-state index contributed by atoms with van der Waals surface area (Å²) in [5.74, 6) is -0.117. The first-order chi connectivity index (χ1) is 10.5. The summed E-state index contributed by atoms with van der Waals surface area (Å²) in [5.41, 5.74) is 0.0814. The number of carbonyl (C=O) groups is 1. The molecule has 1 amide bonds. The van der Waals surface area contributed by atoms with Gasteiger partial charge in [0.2, 0.25) is 5.91 Å². The first-order valence-corrected chi connectivity index (χ1v) is 7.90. The molecule has 8 heteroatoms. The maximum Gasteiger partial charge on any atom is 0.328 e. The lowest BCUT2D eigenvalue weighted by Gasteiger charge is -2.06. The molecular formula is C14H18N4O3S. The van der Waals surface area contributed by atoms with Crippen molar-refractivity contribution < 1.29 is 4.79 Å². The molecule has 0 atom stereocenters. The van der Waals surface area contributed by atoms with Crippen molar-refractivity contribution in [1.29, 1.82) is 0 Å². The molecule has 2 rings (SSSR count). The number of amides is 1. The number of aromatic nitrogens is 3. The Labute approximate surface area is 131 Å². The van der Waals surface area contributed by atoms with Crippen molar-refractivity contribution in [1.82, 2.24) is 19.9 Å². The zero-order valence-electron chi connectivity index (χ0n) is 12.3. The summed E-state index contributed by atoms with van der Waals surface area (Å²) in [6.45, 7) is 2.78. The predicted molar refractivity (Wildman–Crippen MR) is 84.1 cm³/mol. The van der Waals surface area contributed by atoms with Crippen LogP contribution in [-0.2, 0) is 17.8 Å². The SMILES string of the molecule is Cc1csc(CCCNC(=O)CCn2ccc(=O)[nH]c2=O)n1. The first kappa shape index (κ1) is 16.2. The van der Waals surface area contributed by atoms with E-state index in [4.69, 9.17) is 0 Å². The lowest BCUT2D eigenvalue weighted by Crippen LogP contribution is -2.31. The van der Waals surface area contributed by atoms with Crippen LogP contribution >= 0.6 is 11.3 Å². The first-order valence-electron chi connectivity index (χ1n) is 7.02. The predicted octanol–water partition coefficient (Wildman–Crippen LogP) is 0.441. The van der Waals surface area contributed by atoms with Crippen molar-refractivity contribution in [2.24, 2.45) is 0 Å². The highest BCUT2D eigenvalue weighted by atomic mass is 32.1. The number of H-pyrrole nitrogens is 1. The lowest BCUT2D eigenvalue weighted by atomic mass is 10.3. The van der Waals surface area contributed by atoms with Gasteiger partial charge < -0.3 is 9.88 Å². The van der Waals surface area contributed by atoms with E-state index in [1.165, 1.54) is 16.8 Å². The molecule has 118 valence electrons. The minimum absolute atomic E-state index is 0.117. The van der Waals surface area contributed by atoms with Crippen LogP contribution in [0.1, 0.15) is 23.5 Å². The average Bonchev–Trinajstić information content (AvgIpc) is 2.88. The Hall–Kier alpha value is -2.22. The van der Waals surface area contributed by atoms with Crippen molar-refractivity contribution in [2.75, 3.05) is 6.54 Å². The van der Waals surface area contributed by atoms with Crippen LogP contribution in [0.3, 0.4) is 0 Å². The van der Waals surface area contributed by atoms with Gasteiger partial charge in [-0.3, -0.25) is 14.6 Å². The van der Waals surface area contributed by atoms with Crippen LogP contribution in [0, 0.1) is 6.92 Å². The second-order valence-corrected chi connectivity index (χ2v) is 5.83. The summed E-state index contributed by atoms with van der Waals surface area (Å²) in [6.07, 6.45) is 3.26. The Balaban J connectivity index is 1.67. The second kappa shape index (κ2) is 7.69. The van der Waals surface area contributed by atoms with Gasteiger partial charge in [-0.2, -0.15) is 0 Å². The fourth-order valence-electron chi connectivity index (χ4n) is 1.92. The van der Waals surface area contributed by atoms with E-state index < -0.39 is 11.2 Å². The number of thiazole rings is 1. The minimum atomic E-state index is -0.501. The number of hydrogen-bond acceptors (Lipinski definition) is 5. The van der Waals surface area contributed by atoms with Crippen LogP contribution in [0.2, 0.25) is 0 Å². The number of nitrogens with zero attached hydrogens (tertiary/aromatic N) is 2. The van der Waals surface area contributed by atoms with Crippen molar-refractivity contribution >= 4 is 17.2 Å². The largest absolute Gasteiger partial charge is 0.356 e. The Morgan fingerprint density at radius 2 is 2.27 bits per heavy atom. The molecule has 0 radical (unpaired) electrons. The summed E-state index contributed by atoms with van der Waals surface area (Å²) in [6, 6.07) is 1.26. The molecule has 0 aliphatic rings. The van der Waals surface area contributed by atoms with Crippen molar-refractivity contribution in [3.8, 4) is 0 Å². The van der Waals surface area contributed by atoms with E-state index in [0.29, 0.717) is 6.54 Å². The highest BCUT2D eigenvalue weighted by molar-refractivity contribution is 7.09. The molecule has 2 heterocycles. The zero-order chi connectivity index (χ0) is 15.9. The van der Waals surface area contributed by atoms with Crippen LogP contribution in [0.15, 0.2) is 27.2 Å². The van der Waals surface area contributed by atoms with Gasteiger partial charge in [0.25, 0.3) is 5.56 Å². The van der Waals surface area contributed by atoms with Crippen LogP contribution in [-0.4, -0.2) is 27.0 Å². The van der Waals surface area contributed by atoms with Gasteiger partial charge in [0.05, 0.1) is 5.01 Å². The van der Waals surface area contributed by atoms with Crippen molar-refractivity contribution in [3.63, 3.8) is 0 Å². The van der Waals surface area contributed by atoms with E-state index in [1.807, 2.05) is 12.3 Å². The molecule has 22 heavy (non-hydrogen) atoms. The summed E-state index contributed by atoms with van der Waals surface area (Å²) in [5, 5.41) is 5.90. The van der Waals surface area contributed by atoms with Gasteiger partial charge in [0, 0.05) is 49.3 Å². The van der Waals surface area contributed by atoms with Gasteiger partial charge >= 0.3 is 5.69 Å². The Morgan fingerprint density at radius 1 is 1.45 bits per heavy atom. The van der Waals surface area contributed by atoms with Crippen LogP contribution < -0.4 is 16.6 Å². The number of aromatic amines is 1. The maximum absolute atomic E-state index is 11.7. The summed E-state index contributed by atoms with van der Waals surface area (Å²) >= 11 is 1.63. The monoisotopic (exact) mass is 322 g/mol. The van der Waals surface area contributed by atoms with Crippen LogP contribution in [0.4, 0.5) is 0 Å². The lowest BCUT2D eigenvalue weighted by molar-refractivity contribution is -0.121. The minimum Gasteiger partial charge on any atom is -0.356 e. The van der Waals surface area contributed by atoms with Gasteiger partial charge in [0.15, 0.2) is 0 Å². The fraction of sp³-hybridized carbons (Fsp3) is 0.429. The molecule has 0 saturated heterocycles. The average molecular weight is 322 g/mol. The highest BCUT2D eigenvalue weighted by Gasteiger charge is 2.04. The Morgan fingerprint density at radius 3 is 2.95 bits per heavy atom. The molecule has 2 aromatic rings. The molecular weight excluding hydrogens is 304 g/mol. The molecule has 0 aromatic carbocycles. The van der Waals surface area contributed by atoms with E-state index in [-0.39, 0.29) is 18.9 Å². The molecule has 0 aliphatic carbocycles. The maximum atomic E-state index is 11.7. The summed E-state index contributed by atoms with van der Waals surface area (Å²) in [7, 11) is 0. The van der Waals surface area contributed by atoms with Gasteiger partial charge in [-0.25, -0.2) is 9.78 Å². The van der Waals surface area contributed by atoms with E-state index in [9.17, 15) is 14.4 Å². The molecule has 0 fully saturated rings. The van der Waals surface area contributed by atoms with E-state index in [0.717, 1.165) is 23.5 Å². The van der Waals surface area contributed by atoms with E-state index in [1.54, 1.807) is 11.3 Å². The quantitative estimate of drug-likeness (QED) is 0.723. The Kier molecular flexibility index (Phi) is 5.65. The number of nitrogens with one attached hydrogen (secondary N) is 2. The van der Waals surface area contributed by atoms with Gasteiger partial charge in [-0.1, -0.05) is 0 Å². The smallest absolute Gasteiger partial charge is 0.328 e. The van der Waals surface area contributed by atoms with E-state index >= 15 is 0 Å². The molecule has 0 saturated carbocycles. The third kappa shape index (κ3) is 4.96. The molecule has 0 spiro atoms. The molecule has 2 N–H and O–H groups in total. The normalized spacial score (nSPS) is 10.6. The number of aryl methyl sites for hydroxylation is 3. The van der Waals surface area contributed by atoms with Crippen LogP contribution in [0.5, 0.6) is 0 Å². The standard InChI is InChI=1S/C14H18N4O3S/c1-10-9-22-13(16-10)3-2-6-15-11(19)4-7-18-8-5-12(20)17-14(18)21/h5,8-9H,2-4,6-7H2,1H3,(H,15,19)(H,17,20,21). The molecule has 0 bridgehead atoms. The van der Waals surface area contributed by atoms with Gasteiger partial charge in [-0.05, 0) is 13.3 Å². The molecule has 0 unspecified atom stereocenters. The number of rotatable bonds is 7. The topological polar surface area (TPSA) is 96.9 Å². The molecule has 7 nitrogen and oxygen atoms in total. The third-order valence-electron chi connectivity index (χ3n) is 3.03. The van der Waals surface area contributed by atoms with Crippen molar-refractivity contribution in [3.05, 3.63) is 49.2 Å². The number of carbonyl (C=O) groups excluding carboxylic acids is 1. The number of hydrogen-bond donors (Lipinski definition) is 2. The van der Waals surface area contributed by atoms with Crippen molar-refractivity contribution in [2.45, 2.75) is 32.7 Å². The highest BCUT2D eigenvalue weighted by Crippen LogP contribution is 2.10. The zero-order valence-corrected chi connectivity index (χ0v) is 13.1. The third-order valence-corrected chi connectivity index (χ3v) is 4.06.